The van der Waals surface area contributed by atoms with Crippen LogP contribution in [0.2, 0.25) is 0 Å². The van der Waals surface area contributed by atoms with E-state index in [0.717, 1.165) is 24.3 Å². The highest BCUT2D eigenvalue weighted by Gasteiger charge is 2.15. The van der Waals surface area contributed by atoms with E-state index in [1.165, 1.54) is 18.2 Å². The zero-order valence-corrected chi connectivity index (χ0v) is 14.0. The fraction of sp³-hybridized carbons (Fsp3) is 0.294. The normalized spacial score (nSPS) is 11.5. The summed E-state index contributed by atoms with van der Waals surface area (Å²) in [6.45, 7) is 2.75. The second-order valence-corrected chi connectivity index (χ2v) is 7.41. The number of nitrogens with zero attached hydrogens (tertiary/aromatic N) is 1. The minimum absolute atomic E-state index is 0.0692. The Labute approximate surface area is 139 Å². The van der Waals surface area contributed by atoms with Crippen molar-refractivity contribution in [1.29, 1.82) is 0 Å². The molecule has 0 aliphatic rings. The largest absolute Gasteiger partial charge is 0.372 e. The Morgan fingerprint density at radius 1 is 0.958 bits per heavy atom. The molecular weight excluding hydrogens is 339 g/mol. The lowest BCUT2D eigenvalue weighted by Crippen LogP contribution is -2.26. The van der Waals surface area contributed by atoms with Gasteiger partial charge in [0.25, 0.3) is 0 Å². The van der Waals surface area contributed by atoms with Crippen LogP contribution >= 0.6 is 0 Å². The zero-order valence-electron chi connectivity index (χ0n) is 13.2. The van der Waals surface area contributed by atoms with Crippen molar-refractivity contribution in [3.63, 3.8) is 0 Å². The van der Waals surface area contributed by atoms with Crippen LogP contribution < -0.4 is 4.90 Å². The van der Waals surface area contributed by atoms with Crippen LogP contribution in [0.3, 0.4) is 0 Å². The number of sulfone groups is 1. The predicted octanol–water partition coefficient (Wildman–Crippen LogP) is 3.79. The highest BCUT2D eigenvalue weighted by molar-refractivity contribution is 7.91. The summed E-state index contributed by atoms with van der Waals surface area (Å²) in [6, 6.07) is 8.26. The number of halogens is 3. The molecule has 2 aromatic rings. The van der Waals surface area contributed by atoms with Gasteiger partial charge in [-0.15, -0.1) is 0 Å². The molecule has 0 radical (unpaired) electrons. The predicted molar refractivity (Wildman–Crippen MR) is 87.3 cm³/mol. The molecule has 7 heteroatoms. The molecule has 0 N–H and O–H groups in total. The summed E-state index contributed by atoms with van der Waals surface area (Å²) in [4.78, 5) is 1.84. The van der Waals surface area contributed by atoms with Gasteiger partial charge in [-0.2, -0.15) is 0 Å². The summed E-state index contributed by atoms with van der Waals surface area (Å²) in [5.41, 5.74) is 0.496. The topological polar surface area (TPSA) is 37.4 Å². The van der Waals surface area contributed by atoms with Crippen molar-refractivity contribution in [2.75, 3.05) is 23.7 Å². The van der Waals surface area contributed by atoms with E-state index in [0.29, 0.717) is 25.2 Å². The van der Waals surface area contributed by atoms with E-state index >= 15 is 0 Å². The van der Waals surface area contributed by atoms with Gasteiger partial charge in [0.2, 0.25) is 0 Å². The van der Waals surface area contributed by atoms with E-state index in [4.69, 9.17) is 0 Å². The van der Waals surface area contributed by atoms with E-state index in [2.05, 4.69) is 0 Å². The summed E-state index contributed by atoms with van der Waals surface area (Å²) in [6.07, 6.45) is 0.312. The lowest BCUT2D eigenvalue weighted by atomic mass is 10.2. The number of benzene rings is 2. The van der Waals surface area contributed by atoms with Crippen molar-refractivity contribution in [1.82, 2.24) is 0 Å². The van der Waals surface area contributed by atoms with Crippen LogP contribution in [-0.2, 0) is 9.84 Å². The van der Waals surface area contributed by atoms with Crippen LogP contribution in [0.1, 0.15) is 13.3 Å². The molecule has 0 atom stereocenters. The molecule has 0 saturated heterocycles. The number of hydrogen-bond donors (Lipinski definition) is 0. The Kier molecular flexibility index (Phi) is 5.88. The van der Waals surface area contributed by atoms with E-state index in [1.807, 2.05) is 6.92 Å². The third-order valence-electron chi connectivity index (χ3n) is 3.66. The van der Waals surface area contributed by atoms with Gasteiger partial charge in [0.15, 0.2) is 21.5 Å². The lowest BCUT2D eigenvalue weighted by molar-refractivity contribution is 0.508. The molecule has 2 aromatic carbocycles. The van der Waals surface area contributed by atoms with Gasteiger partial charge in [-0.1, -0.05) is 0 Å². The molecule has 0 heterocycles. The third-order valence-corrected chi connectivity index (χ3v) is 5.48. The fourth-order valence-corrected chi connectivity index (χ4v) is 3.65. The number of hydrogen-bond acceptors (Lipinski definition) is 3. The summed E-state index contributed by atoms with van der Waals surface area (Å²) >= 11 is 0. The number of rotatable bonds is 7. The molecule has 24 heavy (non-hydrogen) atoms. The van der Waals surface area contributed by atoms with Crippen LogP contribution in [0.4, 0.5) is 18.9 Å². The molecule has 0 unspecified atom stereocenters. The van der Waals surface area contributed by atoms with Crippen molar-refractivity contribution in [2.24, 2.45) is 0 Å². The van der Waals surface area contributed by atoms with Crippen LogP contribution in [-0.4, -0.2) is 27.3 Å². The minimum atomic E-state index is -3.51. The first kappa shape index (κ1) is 18.3. The maximum absolute atomic E-state index is 13.3. The van der Waals surface area contributed by atoms with Gasteiger partial charge in [0.1, 0.15) is 5.82 Å². The maximum atomic E-state index is 13.3. The Morgan fingerprint density at radius 2 is 1.62 bits per heavy atom. The average Bonchev–Trinajstić information content (AvgIpc) is 2.55. The molecule has 0 bridgehead atoms. The highest BCUT2D eigenvalue weighted by atomic mass is 32.2. The fourth-order valence-electron chi connectivity index (χ4n) is 2.36. The van der Waals surface area contributed by atoms with Gasteiger partial charge >= 0.3 is 0 Å². The monoisotopic (exact) mass is 357 g/mol. The Balaban J connectivity index is 2.00. The highest BCUT2D eigenvalue weighted by Crippen LogP contribution is 2.19. The summed E-state index contributed by atoms with van der Waals surface area (Å²) in [5, 5.41) is 0. The average molecular weight is 357 g/mol. The van der Waals surface area contributed by atoms with Crippen molar-refractivity contribution in [3.8, 4) is 0 Å². The molecule has 0 aliphatic carbocycles. The van der Waals surface area contributed by atoms with E-state index in [-0.39, 0.29) is 10.6 Å². The van der Waals surface area contributed by atoms with Gasteiger partial charge < -0.3 is 4.90 Å². The smallest absolute Gasteiger partial charge is 0.178 e. The van der Waals surface area contributed by atoms with Crippen molar-refractivity contribution >= 4 is 15.5 Å². The second-order valence-electron chi connectivity index (χ2n) is 5.30. The summed E-state index contributed by atoms with van der Waals surface area (Å²) in [5.74, 6) is -2.47. The van der Waals surface area contributed by atoms with Crippen LogP contribution in [0.25, 0.3) is 0 Å². The van der Waals surface area contributed by atoms with Crippen molar-refractivity contribution in [2.45, 2.75) is 18.2 Å². The van der Waals surface area contributed by atoms with Crippen LogP contribution in [0, 0.1) is 17.5 Å². The summed E-state index contributed by atoms with van der Waals surface area (Å²) in [7, 11) is -3.51. The molecular formula is C17H18F3NO2S. The first-order valence-corrected chi connectivity index (χ1v) is 9.17. The molecule has 0 spiro atoms. The molecule has 0 amide bonds. The lowest BCUT2D eigenvalue weighted by Gasteiger charge is -2.23. The first-order valence-electron chi connectivity index (χ1n) is 7.52. The number of anilines is 1. The van der Waals surface area contributed by atoms with Crippen molar-refractivity contribution in [3.05, 3.63) is 59.9 Å². The molecule has 130 valence electrons. The molecule has 0 saturated carbocycles. The SMILES string of the molecule is CCN(CCCS(=O)(=O)c1ccc(F)cc1)c1ccc(F)c(F)c1. The van der Waals surface area contributed by atoms with Crippen LogP contribution in [0.15, 0.2) is 47.4 Å². The first-order chi connectivity index (χ1) is 11.3. The standard InChI is InChI=1S/C17H18F3NO2S/c1-2-21(14-6-9-16(19)17(20)12-14)10-3-11-24(22,23)15-7-4-13(18)5-8-15/h4-9,12H,2-3,10-11H2,1H3. The molecule has 0 fully saturated rings. The van der Waals surface area contributed by atoms with Gasteiger partial charge in [0, 0.05) is 24.8 Å². The van der Waals surface area contributed by atoms with Gasteiger partial charge in [-0.05, 0) is 49.7 Å². The minimum Gasteiger partial charge on any atom is -0.372 e. The Bertz CT molecular complexity index is 792. The van der Waals surface area contributed by atoms with Crippen molar-refractivity contribution < 1.29 is 21.6 Å². The molecule has 0 aliphatic heterocycles. The quantitative estimate of drug-likeness (QED) is 0.708. The van der Waals surface area contributed by atoms with Crippen LogP contribution in [0.5, 0.6) is 0 Å². The summed E-state index contributed by atoms with van der Waals surface area (Å²) < 4.78 is 63.6. The molecule has 0 aromatic heterocycles. The molecule has 3 nitrogen and oxygen atoms in total. The third kappa shape index (κ3) is 4.50. The van der Waals surface area contributed by atoms with E-state index in [1.54, 1.807) is 4.90 Å². The zero-order chi connectivity index (χ0) is 17.7. The Morgan fingerprint density at radius 3 is 2.21 bits per heavy atom. The van der Waals surface area contributed by atoms with E-state index < -0.39 is 27.3 Å². The van der Waals surface area contributed by atoms with Gasteiger partial charge in [-0.3, -0.25) is 0 Å². The molecule has 2 rings (SSSR count). The van der Waals surface area contributed by atoms with Gasteiger partial charge in [0.05, 0.1) is 10.6 Å². The van der Waals surface area contributed by atoms with Gasteiger partial charge in [-0.25, -0.2) is 21.6 Å². The maximum Gasteiger partial charge on any atom is 0.178 e. The second kappa shape index (κ2) is 7.70. The Hall–Kier alpha value is -2.02. The van der Waals surface area contributed by atoms with E-state index in [9.17, 15) is 21.6 Å².